The van der Waals surface area contributed by atoms with Gasteiger partial charge in [-0.15, -0.1) is 0 Å². The van der Waals surface area contributed by atoms with Crippen LogP contribution in [0, 0.1) is 0 Å². The van der Waals surface area contributed by atoms with Crippen LogP contribution in [0.4, 0.5) is 0 Å². The monoisotopic (exact) mass is 895 g/mol. The van der Waals surface area contributed by atoms with Crippen molar-refractivity contribution in [3.8, 4) is 0 Å². The second-order valence-electron chi connectivity index (χ2n) is 18.2. The first-order valence-corrected chi connectivity index (χ1v) is 27.3. The van der Waals surface area contributed by atoms with E-state index in [1.165, 1.54) is 154 Å². The lowest BCUT2D eigenvalue weighted by atomic mass is 10.1. The highest BCUT2D eigenvalue weighted by Crippen LogP contribution is 2.14. The van der Waals surface area contributed by atoms with Crippen molar-refractivity contribution in [2.45, 2.75) is 277 Å². The first kappa shape index (κ1) is 61.1. The third-order valence-corrected chi connectivity index (χ3v) is 11.8. The molecule has 0 aromatic heterocycles. The van der Waals surface area contributed by atoms with Crippen LogP contribution in [0.3, 0.4) is 0 Å². The Labute approximate surface area is 396 Å². The van der Waals surface area contributed by atoms with Crippen LogP contribution >= 0.6 is 0 Å². The number of carbonyl (C=O) groups is 3. The summed E-state index contributed by atoms with van der Waals surface area (Å²) in [5.41, 5.74) is 0. The highest BCUT2D eigenvalue weighted by molar-refractivity contribution is 5.71. The van der Waals surface area contributed by atoms with Gasteiger partial charge in [0.2, 0.25) is 0 Å². The first-order chi connectivity index (χ1) is 31.5. The van der Waals surface area contributed by atoms with Crippen LogP contribution in [0.15, 0.2) is 60.8 Å². The summed E-state index contributed by atoms with van der Waals surface area (Å²) in [5, 5.41) is 0. The number of allylic oxidation sites excluding steroid dienone is 10. The Balaban J connectivity index is 4.44. The van der Waals surface area contributed by atoms with E-state index in [0.717, 1.165) is 70.6 Å². The zero-order valence-corrected chi connectivity index (χ0v) is 42.3. The lowest BCUT2D eigenvalue weighted by molar-refractivity contribution is -0.166. The van der Waals surface area contributed by atoms with Crippen LogP contribution in [0.2, 0.25) is 0 Å². The fourth-order valence-electron chi connectivity index (χ4n) is 7.60. The normalized spacial score (nSPS) is 12.5. The van der Waals surface area contributed by atoms with Crippen LogP contribution in [-0.2, 0) is 28.6 Å². The molecule has 0 heterocycles. The lowest BCUT2D eigenvalue weighted by Crippen LogP contribution is -2.30. The van der Waals surface area contributed by atoms with E-state index in [-0.39, 0.29) is 37.5 Å². The molecule has 0 fully saturated rings. The SMILES string of the molecule is CCCCC/C=C\C=C/CCCCCCCCC(=O)OC(COC(=O)CC/C=C\C/C=C\CCCCCCCC)COC(=O)CCCCCCC/C=C\CCCCCCCCCCC. The van der Waals surface area contributed by atoms with E-state index < -0.39 is 6.10 Å². The van der Waals surface area contributed by atoms with Crippen molar-refractivity contribution < 1.29 is 28.6 Å². The zero-order chi connectivity index (χ0) is 46.5. The van der Waals surface area contributed by atoms with Crippen molar-refractivity contribution in [3.05, 3.63) is 60.8 Å². The van der Waals surface area contributed by atoms with Crippen molar-refractivity contribution >= 4 is 17.9 Å². The Morgan fingerprint density at radius 1 is 0.328 bits per heavy atom. The molecule has 1 atom stereocenters. The minimum atomic E-state index is -0.805. The molecule has 0 spiro atoms. The Morgan fingerprint density at radius 3 is 1.09 bits per heavy atom. The van der Waals surface area contributed by atoms with Crippen molar-refractivity contribution in [1.82, 2.24) is 0 Å². The molecule has 0 aromatic rings. The van der Waals surface area contributed by atoms with Gasteiger partial charge in [0.15, 0.2) is 6.10 Å². The van der Waals surface area contributed by atoms with Gasteiger partial charge in [0.1, 0.15) is 13.2 Å². The molecule has 0 radical (unpaired) electrons. The Kier molecular flexibility index (Phi) is 50.4. The molecule has 0 bridgehead atoms. The Hall–Kier alpha value is -2.89. The second-order valence-corrected chi connectivity index (χ2v) is 18.2. The Bertz CT molecular complexity index is 1170. The maximum atomic E-state index is 12.8. The molecule has 0 aliphatic heterocycles. The van der Waals surface area contributed by atoms with Gasteiger partial charge in [-0.2, -0.15) is 0 Å². The van der Waals surface area contributed by atoms with Crippen LogP contribution in [0.25, 0.3) is 0 Å². The second kappa shape index (κ2) is 52.7. The number of carbonyl (C=O) groups excluding carboxylic acids is 3. The molecule has 0 saturated heterocycles. The third-order valence-electron chi connectivity index (χ3n) is 11.8. The zero-order valence-electron chi connectivity index (χ0n) is 42.3. The highest BCUT2D eigenvalue weighted by Gasteiger charge is 2.19. The molecular weight excluding hydrogens is 793 g/mol. The summed E-state index contributed by atoms with van der Waals surface area (Å²) in [5.74, 6) is -0.984. The molecule has 64 heavy (non-hydrogen) atoms. The van der Waals surface area contributed by atoms with Gasteiger partial charge < -0.3 is 14.2 Å². The molecule has 0 N–H and O–H groups in total. The summed E-state index contributed by atoms with van der Waals surface area (Å²) in [7, 11) is 0. The molecular formula is C58H102O6. The maximum Gasteiger partial charge on any atom is 0.306 e. The molecule has 0 saturated carbocycles. The van der Waals surface area contributed by atoms with Crippen molar-refractivity contribution in [2.75, 3.05) is 13.2 Å². The molecule has 1 unspecified atom stereocenters. The van der Waals surface area contributed by atoms with E-state index in [4.69, 9.17) is 14.2 Å². The van der Waals surface area contributed by atoms with E-state index in [0.29, 0.717) is 19.3 Å². The van der Waals surface area contributed by atoms with E-state index in [9.17, 15) is 14.4 Å². The van der Waals surface area contributed by atoms with Crippen molar-refractivity contribution in [1.29, 1.82) is 0 Å². The predicted molar refractivity (Wildman–Crippen MR) is 275 cm³/mol. The molecule has 6 nitrogen and oxygen atoms in total. The average molecular weight is 895 g/mol. The molecule has 0 aliphatic carbocycles. The van der Waals surface area contributed by atoms with Gasteiger partial charge in [-0.1, -0.05) is 223 Å². The number of hydrogen-bond donors (Lipinski definition) is 0. The van der Waals surface area contributed by atoms with Crippen LogP contribution < -0.4 is 0 Å². The third kappa shape index (κ3) is 50.1. The number of unbranched alkanes of at least 4 members (excludes halogenated alkanes) is 29. The molecule has 0 rings (SSSR count). The Morgan fingerprint density at radius 2 is 0.641 bits per heavy atom. The predicted octanol–water partition coefficient (Wildman–Crippen LogP) is 18.0. The van der Waals surface area contributed by atoms with Crippen LogP contribution in [-0.4, -0.2) is 37.2 Å². The maximum absolute atomic E-state index is 12.8. The summed E-state index contributed by atoms with van der Waals surface area (Å²) < 4.78 is 16.7. The van der Waals surface area contributed by atoms with Crippen molar-refractivity contribution in [2.24, 2.45) is 0 Å². The van der Waals surface area contributed by atoms with Gasteiger partial charge >= 0.3 is 17.9 Å². The van der Waals surface area contributed by atoms with Crippen molar-refractivity contribution in [3.63, 3.8) is 0 Å². The number of hydrogen-bond acceptors (Lipinski definition) is 6. The smallest absolute Gasteiger partial charge is 0.306 e. The minimum Gasteiger partial charge on any atom is -0.462 e. The summed E-state index contributed by atoms with van der Waals surface area (Å²) in [6, 6.07) is 0. The van der Waals surface area contributed by atoms with E-state index in [1.54, 1.807) is 0 Å². The van der Waals surface area contributed by atoms with Gasteiger partial charge in [-0.05, 0) is 89.9 Å². The average Bonchev–Trinajstić information content (AvgIpc) is 3.29. The van der Waals surface area contributed by atoms with Crippen LogP contribution in [0.1, 0.15) is 271 Å². The molecule has 6 heteroatoms. The van der Waals surface area contributed by atoms with Gasteiger partial charge in [0.05, 0.1) is 0 Å². The topological polar surface area (TPSA) is 78.9 Å². The number of esters is 3. The molecule has 370 valence electrons. The minimum absolute atomic E-state index is 0.0999. The number of rotatable bonds is 49. The molecule has 0 aliphatic rings. The van der Waals surface area contributed by atoms with Gasteiger partial charge in [0.25, 0.3) is 0 Å². The fraction of sp³-hybridized carbons (Fsp3) is 0.776. The summed E-state index contributed by atoms with van der Waals surface area (Å²) in [6.07, 6.45) is 65.0. The van der Waals surface area contributed by atoms with E-state index in [1.807, 2.05) is 6.08 Å². The lowest BCUT2D eigenvalue weighted by Gasteiger charge is -2.18. The standard InChI is InChI=1S/C58H102O6/c1-4-7-10-13-16-19-22-25-27-28-29-31-33-36-39-42-45-48-51-57(60)63-54-55(53-62-56(59)50-47-44-41-38-35-32-24-21-18-15-12-9-6-3)64-58(61)52-49-46-43-40-37-34-30-26-23-20-17-14-11-8-5-2/h17,20,23,26,29,31-32,35,41,44,55H,4-16,18-19,21-22,24-25,27-28,30,33-34,36-40,42-43,45-54H2,1-3H3/b20-17-,26-23-,31-29-,35-32-,44-41-. The highest BCUT2D eigenvalue weighted by atomic mass is 16.6. The van der Waals surface area contributed by atoms with Gasteiger partial charge in [-0.25, -0.2) is 0 Å². The van der Waals surface area contributed by atoms with E-state index in [2.05, 4.69) is 75.5 Å². The van der Waals surface area contributed by atoms with Crippen LogP contribution in [0.5, 0.6) is 0 Å². The number of ether oxygens (including phenoxy) is 3. The molecule has 0 amide bonds. The quantitative estimate of drug-likeness (QED) is 0.0199. The summed E-state index contributed by atoms with van der Waals surface area (Å²) in [4.78, 5) is 38.0. The van der Waals surface area contributed by atoms with Gasteiger partial charge in [0, 0.05) is 19.3 Å². The summed E-state index contributed by atoms with van der Waals surface area (Å²) in [6.45, 7) is 6.55. The fourth-order valence-corrected chi connectivity index (χ4v) is 7.60. The van der Waals surface area contributed by atoms with Gasteiger partial charge in [-0.3, -0.25) is 14.4 Å². The van der Waals surface area contributed by atoms with E-state index >= 15 is 0 Å². The largest absolute Gasteiger partial charge is 0.462 e. The summed E-state index contributed by atoms with van der Waals surface area (Å²) >= 11 is 0. The first-order valence-electron chi connectivity index (χ1n) is 27.3. The molecule has 0 aromatic carbocycles.